The van der Waals surface area contributed by atoms with E-state index in [4.69, 9.17) is 4.74 Å². The lowest BCUT2D eigenvalue weighted by molar-refractivity contribution is -0.129. The van der Waals surface area contributed by atoms with Gasteiger partial charge < -0.3 is 20.5 Å². The molecule has 23 heavy (non-hydrogen) atoms. The van der Waals surface area contributed by atoms with Crippen molar-refractivity contribution in [3.05, 3.63) is 24.4 Å². The van der Waals surface area contributed by atoms with E-state index in [0.717, 1.165) is 13.1 Å². The van der Waals surface area contributed by atoms with Crippen molar-refractivity contribution in [3.63, 3.8) is 0 Å². The van der Waals surface area contributed by atoms with Gasteiger partial charge in [0, 0.05) is 12.3 Å². The number of pyridine rings is 2. The second-order valence-corrected chi connectivity index (χ2v) is 5.72. The quantitative estimate of drug-likeness (QED) is 0.777. The lowest BCUT2D eigenvalue weighted by Gasteiger charge is -2.34. The Morgan fingerprint density at radius 1 is 1.39 bits per heavy atom. The third kappa shape index (κ3) is 2.97. The first kappa shape index (κ1) is 15.6. The van der Waals surface area contributed by atoms with Crippen molar-refractivity contribution < 1.29 is 14.6 Å². The van der Waals surface area contributed by atoms with Gasteiger partial charge >= 0.3 is 0 Å². The summed E-state index contributed by atoms with van der Waals surface area (Å²) in [7, 11) is 1.54. The van der Waals surface area contributed by atoms with Crippen molar-refractivity contribution in [1.29, 1.82) is 0 Å². The predicted octanol–water partition coefficient (Wildman–Crippen LogP) is 0.939. The summed E-state index contributed by atoms with van der Waals surface area (Å²) in [5.74, 6) is 0.276. The Morgan fingerprint density at radius 3 is 2.87 bits per heavy atom. The summed E-state index contributed by atoms with van der Waals surface area (Å²) in [6, 6.07) is 5.23. The number of carbonyl (C=O) groups is 1. The van der Waals surface area contributed by atoms with E-state index in [-0.39, 0.29) is 12.5 Å². The summed E-state index contributed by atoms with van der Waals surface area (Å²) in [6.07, 6.45) is 2.84. The van der Waals surface area contributed by atoms with Gasteiger partial charge in [-0.2, -0.15) is 0 Å². The van der Waals surface area contributed by atoms with Gasteiger partial charge in [-0.15, -0.1) is 0 Å². The molecule has 0 aromatic carbocycles. The summed E-state index contributed by atoms with van der Waals surface area (Å²) < 4.78 is 5.14. The molecule has 7 nitrogen and oxygen atoms in total. The number of amides is 1. The third-order valence-corrected chi connectivity index (χ3v) is 4.36. The molecule has 0 atom stereocenters. The number of aliphatic hydroxyl groups is 1. The van der Waals surface area contributed by atoms with Crippen LogP contribution in [0.1, 0.15) is 12.8 Å². The number of aromatic nitrogens is 2. The molecule has 2 aromatic rings. The zero-order valence-corrected chi connectivity index (χ0v) is 13.0. The number of hydrogen-bond acceptors (Lipinski definition) is 6. The van der Waals surface area contributed by atoms with E-state index in [1.54, 1.807) is 31.5 Å². The lowest BCUT2D eigenvalue weighted by atomic mass is 9.79. The topological polar surface area (TPSA) is 96.4 Å². The number of ether oxygens (including phenoxy) is 1. The summed E-state index contributed by atoms with van der Waals surface area (Å²) in [4.78, 5) is 21.4. The number of fused-ring (bicyclic) bond motifs is 1. The van der Waals surface area contributed by atoms with Crippen LogP contribution in [0.5, 0.6) is 5.88 Å². The number of aliphatic hydroxyl groups excluding tert-OH is 1. The first-order valence-electron chi connectivity index (χ1n) is 7.61. The minimum Gasteiger partial charge on any atom is -0.481 e. The SMILES string of the molecule is COc1ccc2nccc(NC(=O)C3(CO)CCNCC3)c2n1. The zero-order chi connectivity index (χ0) is 16.3. The highest BCUT2D eigenvalue weighted by atomic mass is 16.5. The van der Waals surface area contributed by atoms with E-state index < -0.39 is 5.41 Å². The van der Waals surface area contributed by atoms with Crippen molar-refractivity contribution in [1.82, 2.24) is 15.3 Å². The lowest BCUT2D eigenvalue weighted by Crippen LogP contribution is -2.47. The fourth-order valence-corrected chi connectivity index (χ4v) is 2.84. The van der Waals surface area contributed by atoms with Gasteiger partial charge in [-0.05, 0) is 38.1 Å². The van der Waals surface area contributed by atoms with E-state index in [1.165, 1.54) is 0 Å². The molecule has 1 amide bonds. The fourth-order valence-electron chi connectivity index (χ4n) is 2.84. The molecule has 0 aliphatic carbocycles. The minimum atomic E-state index is -0.750. The summed E-state index contributed by atoms with van der Waals surface area (Å²) in [5, 5.41) is 15.9. The van der Waals surface area contributed by atoms with Crippen LogP contribution in [0.15, 0.2) is 24.4 Å². The Hall–Kier alpha value is -2.25. The average Bonchev–Trinajstić information content (AvgIpc) is 2.62. The maximum Gasteiger partial charge on any atom is 0.233 e. The number of piperidine rings is 1. The predicted molar refractivity (Wildman–Crippen MR) is 86.3 cm³/mol. The third-order valence-electron chi connectivity index (χ3n) is 4.36. The summed E-state index contributed by atoms with van der Waals surface area (Å²) in [5.41, 5.74) is 1.07. The second-order valence-electron chi connectivity index (χ2n) is 5.72. The summed E-state index contributed by atoms with van der Waals surface area (Å²) in [6.45, 7) is 1.27. The second kappa shape index (κ2) is 6.47. The minimum absolute atomic E-state index is 0.166. The smallest absolute Gasteiger partial charge is 0.233 e. The van der Waals surface area contributed by atoms with Crippen LogP contribution in [0, 0.1) is 5.41 Å². The molecule has 1 fully saturated rings. The van der Waals surface area contributed by atoms with Crippen LogP contribution < -0.4 is 15.4 Å². The van der Waals surface area contributed by atoms with Gasteiger partial charge in [0.1, 0.15) is 5.52 Å². The first-order valence-corrected chi connectivity index (χ1v) is 7.61. The maximum atomic E-state index is 12.7. The van der Waals surface area contributed by atoms with Gasteiger partial charge in [0.25, 0.3) is 0 Å². The number of methoxy groups -OCH3 is 1. The van der Waals surface area contributed by atoms with Crippen molar-refractivity contribution in [3.8, 4) is 5.88 Å². The van der Waals surface area contributed by atoms with Crippen LogP contribution in [-0.4, -0.2) is 47.8 Å². The molecule has 7 heteroatoms. The number of rotatable bonds is 4. The molecule has 2 aromatic heterocycles. The van der Waals surface area contributed by atoms with Gasteiger partial charge in [0.15, 0.2) is 0 Å². The Labute approximate surface area is 134 Å². The molecule has 0 unspecified atom stereocenters. The molecule has 1 aliphatic heterocycles. The Balaban J connectivity index is 1.92. The highest BCUT2D eigenvalue weighted by Gasteiger charge is 2.39. The van der Waals surface area contributed by atoms with Gasteiger partial charge in [-0.1, -0.05) is 0 Å². The Morgan fingerprint density at radius 2 is 2.17 bits per heavy atom. The monoisotopic (exact) mass is 316 g/mol. The number of hydrogen-bond donors (Lipinski definition) is 3. The number of anilines is 1. The zero-order valence-electron chi connectivity index (χ0n) is 13.0. The molecular weight excluding hydrogens is 296 g/mol. The number of nitrogens with zero attached hydrogens (tertiary/aromatic N) is 2. The van der Waals surface area contributed by atoms with Gasteiger partial charge in [0.05, 0.1) is 30.3 Å². The van der Waals surface area contributed by atoms with Crippen LogP contribution in [0.2, 0.25) is 0 Å². The van der Waals surface area contributed by atoms with Crippen molar-refractivity contribution >= 4 is 22.6 Å². The Bertz CT molecular complexity index is 714. The van der Waals surface area contributed by atoms with E-state index in [0.29, 0.717) is 35.4 Å². The van der Waals surface area contributed by atoms with E-state index in [9.17, 15) is 9.90 Å². The molecule has 0 bridgehead atoms. The van der Waals surface area contributed by atoms with Gasteiger partial charge in [0.2, 0.25) is 11.8 Å². The van der Waals surface area contributed by atoms with Crippen molar-refractivity contribution in [2.45, 2.75) is 12.8 Å². The normalized spacial score (nSPS) is 17.0. The largest absolute Gasteiger partial charge is 0.481 e. The van der Waals surface area contributed by atoms with Crippen LogP contribution in [-0.2, 0) is 4.79 Å². The number of carbonyl (C=O) groups excluding carboxylic acids is 1. The van der Waals surface area contributed by atoms with Crippen molar-refractivity contribution in [2.75, 3.05) is 32.1 Å². The van der Waals surface area contributed by atoms with E-state index in [2.05, 4.69) is 20.6 Å². The molecule has 0 saturated carbocycles. The highest BCUT2D eigenvalue weighted by Crippen LogP contribution is 2.31. The van der Waals surface area contributed by atoms with E-state index >= 15 is 0 Å². The molecule has 1 saturated heterocycles. The Kier molecular flexibility index (Phi) is 4.40. The fraction of sp³-hybridized carbons (Fsp3) is 0.438. The molecule has 3 N–H and O–H groups in total. The van der Waals surface area contributed by atoms with Crippen molar-refractivity contribution in [2.24, 2.45) is 5.41 Å². The van der Waals surface area contributed by atoms with Crippen LogP contribution >= 0.6 is 0 Å². The van der Waals surface area contributed by atoms with Crippen LogP contribution in [0.3, 0.4) is 0 Å². The molecule has 122 valence electrons. The molecule has 3 heterocycles. The average molecular weight is 316 g/mol. The maximum absolute atomic E-state index is 12.7. The molecule has 1 aliphatic rings. The van der Waals surface area contributed by atoms with E-state index in [1.807, 2.05) is 0 Å². The standard InChI is InChI=1S/C16H20N4O3/c1-23-13-3-2-11-14(20-13)12(4-7-18-11)19-15(22)16(10-21)5-8-17-9-6-16/h2-4,7,17,21H,5-6,8-10H2,1H3,(H,18,19,22). The van der Waals surface area contributed by atoms with Crippen LogP contribution in [0.25, 0.3) is 11.0 Å². The molecular formula is C16H20N4O3. The molecule has 3 rings (SSSR count). The summed E-state index contributed by atoms with van der Waals surface area (Å²) >= 11 is 0. The van der Waals surface area contributed by atoms with Gasteiger partial charge in [-0.3, -0.25) is 9.78 Å². The molecule has 0 spiro atoms. The molecule has 0 radical (unpaired) electrons. The first-order chi connectivity index (χ1) is 11.2. The highest BCUT2D eigenvalue weighted by molar-refractivity contribution is 6.01. The number of nitrogens with one attached hydrogen (secondary N) is 2. The van der Waals surface area contributed by atoms with Gasteiger partial charge in [-0.25, -0.2) is 4.98 Å². The van der Waals surface area contributed by atoms with Crippen LogP contribution in [0.4, 0.5) is 5.69 Å².